The van der Waals surface area contributed by atoms with Crippen molar-refractivity contribution in [2.24, 2.45) is 0 Å². The minimum atomic E-state index is 0.117. The first-order valence-electron chi connectivity index (χ1n) is 7.93. The highest BCUT2D eigenvalue weighted by Gasteiger charge is 2.26. The van der Waals surface area contributed by atoms with Gasteiger partial charge in [-0.25, -0.2) is 4.68 Å². The van der Waals surface area contributed by atoms with Crippen molar-refractivity contribution < 1.29 is 9.69 Å². The van der Waals surface area contributed by atoms with Crippen molar-refractivity contribution in [1.82, 2.24) is 14.7 Å². The molecule has 1 aromatic heterocycles. The SMILES string of the molecule is CCc1c(C(=O)N2CC[NH+](C)CC2)cnn1-c1ccccc1. The molecule has 0 aliphatic carbocycles. The van der Waals surface area contributed by atoms with Crippen LogP contribution in [-0.4, -0.2) is 53.8 Å². The molecule has 1 fully saturated rings. The summed E-state index contributed by atoms with van der Waals surface area (Å²) in [6.07, 6.45) is 2.51. The number of amides is 1. The zero-order chi connectivity index (χ0) is 15.5. The predicted octanol–water partition coefficient (Wildman–Crippen LogP) is 0.405. The van der Waals surface area contributed by atoms with Crippen molar-refractivity contribution in [3.05, 3.63) is 47.8 Å². The summed E-state index contributed by atoms with van der Waals surface area (Å²) in [7, 11) is 2.17. The van der Waals surface area contributed by atoms with Crippen LogP contribution in [0, 0.1) is 0 Å². The number of nitrogens with zero attached hydrogens (tertiary/aromatic N) is 3. The molecule has 2 heterocycles. The fourth-order valence-corrected chi connectivity index (χ4v) is 2.95. The summed E-state index contributed by atoms with van der Waals surface area (Å²) >= 11 is 0. The lowest BCUT2D eigenvalue weighted by Gasteiger charge is -2.30. The minimum absolute atomic E-state index is 0.117. The molecule has 5 heteroatoms. The number of nitrogens with one attached hydrogen (secondary N) is 1. The molecular formula is C17H23N4O+. The Hall–Kier alpha value is -2.14. The summed E-state index contributed by atoms with van der Waals surface area (Å²) in [5.41, 5.74) is 2.73. The predicted molar refractivity (Wildman–Crippen MR) is 85.5 cm³/mol. The topological polar surface area (TPSA) is 42.6 Å². The van der Waals surface area contributed by atoms with Gasteiger partial charge in [-0.3, -0.25) is 4.79 Å². The van der Waals surface area contributed by atoms with E-state index in [-0.39, 0.29) is 5.91 Å². The highest BCUT2D eigenvalue weighted by molar-refractivity contribution is 5.95. The largest absolute Gasteiger partial charge is 0.334 e. The number of hydrogen-bond acceptors (Lipinski definition) is 2. The fourth-order valence-electron chi connectivity index (χ4n) is 2.95. The molecule has 1 amide bonds. The highest BCUT2D eigenvalue weighted by Crippen LogP contribution is 2.17. The van der Waals surface area contributed by atoms with Gasteiger partial charge in [0.2, 0.25) is 0 Å². The van der Waals surface area contributed by atoms with E-state index in [9.17, 15) is 4.79 Å². The van der Waals surface area contributed by atoms with Gasteiger partial charge in [-0.05, 0) is 18.6 Å². The maximum Gasteiger partial charge on any atom is 0.257 e. The van der Waals surface area contributed by atoms with E-state index >= 15 is 0 Å². The van der Waals surface area contributed by atoms with Crippen molar-refractivity contribution >= 4 is 5.91 Å². The summed E-state index contributed by atoms with van der Waals surface area (Å²) in [5, 5.41) is 4.45. The van der Waals surface area contributed by atoms with Crippen LogP contribution >= 0.6 is 0 Å². The Kier molecular flexibility index (Phi) is 4.24. The monoisotopic (exact) mass is 299 g/mol. The third-order valence-electron chi connectivity index (χ3n) is 4.34. The van der Waals surface area contributed by atoms with Gasteiger partial charge in [-0.15, -0.1) is 0 Å². The maximum atomic E-state index is 12.8. The molecule has 1 aromatic carbocycles. The highest BCUT2D eigenvalue weighted by atomic mass is 16.2. The van der Waals surface area contributed by atoms with Gasteiger partial charge in [0.15, 0.2) is 0 Å². The normalized spacial score (nSPS) is 16.0. The molecule has 2 aromatic rings. The van der Waals surface area contributed by atoms with Crippen molar-refractivity contribution in [1.29, 1.82) is 0 Å². The summed E-state index contributed by atoms with van der Waals surface area (Å²) in [4.78, 5) is 16.2. The van der Waals surface area contributed by atoms with Crippen molar-refractivity contribution in [2.75, 3.05) is 33.2 Å². The third-order valence-corrected chi connectivity index (χ3v) is 4.34. The first kappa shape index (κ1) is 14.8. The molecule has 5 nitrogen and oxygen atoms in total. The van der Waals surface area contributed by atoms with Gasteiger partial charge < -0.3 is 9.80 Å². The Morgan fingerprint density at radius 3 is 2.55 bits per heavy atom. The van der Waals surface area contributed by atoms with Crippen LogP contribution in [0.5, 0.6) is 0 Å². The van der Waals surface area contributed by atoms with E-state index in [4.69, 9.17) is 0 Å². The lowest BCUT2D eigenvalue weighted by Crippen LogP contribution is -3.12. The Bertz CT molecular complexity index is 642. The minimum Gasteiger partial charge on any atom is -0.334 e. The number of likely N-dealkylation sites (N-methyl/N-ethyl adjacent to an activating group) is 1. The number of aromatic nitrogens is 2. The molecule has 3 rings (SSSR count). The molecule has 0 spiro atoms. The van der Waals surface area contributed by atoms with Crippen LogP contribution in [0.1, 0.15) is 23.0 Å². The molecule has 0 saturated carbocycles. The standard InChI is InChI=1S/C17H22N4O/c1-3-16-15(17(22)20-11-9-19(2)10-12-20)13-18-21(16)14-7-5-4-6-8-14/h4-8,13H,3,9-12H2,1-2H3/p+1. The molecule has 0 radical (unpaired) electrons. The van der Waals surface area contributed by atoms with Gasteiger partial charge in [0, 0.05) is 0 Å². The molecule has 0 atom stereocenters. The van der Waals surface area contributed by atoms with Gasteiger partial charge in [0.1, 0.15) is 0 Å². The average molecular weight is 299 g/mol. The summed E-state index contributed by atoms with van der Waals surface area (Å²) in [5.74, 6) is 0.117. The number of rotatable bonds is 3. The smallest absolute Gasteiger partial charge is 0.257 e. The zero-order valence-corrected chi connectivity index (χ0v) is 13.2. The van der Waals surface area contributed by atoms with E-state index in [1.54, 1.807) is 6.20 Å². The van der Waals surface area contributed by atoms with Crippen LogP contribution in [0.25, 0.3) is 5.69 Å². The second-order valence-corrected chi connectivity index (χ2v) is 5.86. The number of benzene rings is 1. The number of quaternary nitrogens is 1. The summed E-state index contributed by atoms with van der Waals surface area (Å²) < 4.78 is 1.88. The van der Waals surface area contributed by atoms with Crippen molar-refractivity contribution in [2.45, 2.75) is 13.3 Å². The van der Waals surface area contributed by atoms with Crippen LogP contribution in [0.4, 0.5) is 0 Å². The van der Waals surface area contributed by atoms with Crippen molar-refractivity contribution in [3.8, 4) is 5.69 Å². The van der Waals surface area contributed by atoms with Crippen molar-refractivity contribution in [3.63, 3.8) is 0 Å². The van der Waals surface area contributed by atoms with Gasteiger partial charge in [0.05, 0.1) is 56.4 Å². The Morgan fingerprint density at radius 1 is 1.23 bits per heavy atom. The van der Waals surface area contributed by atoms with E-state index < -0.39 is 0 Å². The summed E-state index contributed by atoms with van der Waals surface area (Å²) in [6, 6.07) is 9.99. The molecule has 1 N–H and O–H groups in total. The number of hydrogen-bond donors (Lipinski definition) is 1. The van der Waals surface area contributed by atoms with Crippen LogP contribution < -0.4 is 4.90 Å². The molecule has 116 valence electrons. The van der Waals surface area contributed by atoms with E-state index in [1.807, 2.05) is 39.9 Å². The quantitative estimate of drug-likeness (QED) is 0.892. The van der Waals surface area contributed by atoms with Gasteiger partial charge in [0.25, 0.3) is 5.91 Å². The molecule has 1 aliphatic heterocycles. The second kappa shape index (κ2) is 6.32. The van der Waals surface area contributed by atoms with Gasteiger partial charge >= 0.3 is 0 Å². The van der Waals surface area contributed by atoms with E-state index in [1.165, 1.54) is 4.90 Å². The van der Waals surface area contributed by atoms with E-state index in [0.29, 0.717) is 0 Å². The number of carbonyl (C=O) groups is 1. The van der Waals surface area contributed by atoms with Gasteiger partial charge in [-0.1, -0.05) is 25.1 Å². The molecule has 1 aliphatic rings. The Balaban J connectivity index is 1.88. The number of piperazine rings is 1. The Morgan fingerprint density at radius 2 is 1.91 bits per heavy atom. The number of para-hydroxylation sites is 1. The van der Waals surface area contributed by atoms with E-state index in [0.717, 1.165) is 49.5 Å². The molecular weight excluding hydrogens is 276 g/mol. The van der Waals surface area contributed by atoms with Crippen LogP contribution in [-0.2, 0) is 6.42 Å². The van der Waals surface area contributed by atoms with Gasteiger partial charge in [-0.2, -0.15) is 5.10 Å². The fraction of sp³-hybridized carbons (Fsp3) is 0.412. The first-order valence-corrected chi connectivity index (χ1v) is 7.93. The van der Waals surface area contributed by atoms with Crippen LogP contribution in [0.3, 0.4) is 0 Å². The number of carbonyl (C=O) groups excluding carboxylic acids is 1. The molecule has 22 heavy (non-hydrogen) atoms. The average Bonchev–Trinajstić information content (AvgIpc) is 2.99. The molecule has 0 unspecified atom stereocenters. The van der Waals surface area contributed by atoms with E-state index in [2.05, 4.69) is 19.1 Å². The lowest BCUT2D eigenvalue weighted by molar-refractivity contribution is -0.883. The van der Waals surface area contributed by atoms with Crippen LogP contribution in [0.15, 0.2) is 36.5 Å². The molecule has 1 saturated heterocycles. The first-order chi connectivity index (χ1) is 10.7. The third kappa shape index (κ3) is 2.76. The second-order valence-electron chi connectivity index (χ2n) is 5.86. The lowest BCUT2D eigenvalue weighted by atomic mass is 10.1. The zero-order valence-electron chi connectivity index (χ0n) is 13.2. The Labute approximate surface area is 131 Å². The maximum absolute atomic E-state index is 12.8. The summed E-state index contributed by atoms with van der Waals surface area (Å²) in [6.45, 7) is 5.75. The van der Waals surface area contributed by atoms with Crippen LogP contribution in [0.2, 0.25) is 0 Å². The molecule has 0 bridgehead atoms.